The lowest BCUT2D eigenvalue weighted by Gasteiger charge is -2.08. The zero-order valence-electron chi connectivity index (χ0n) is 17.8. The molecule has 7 heteroatoms. The summed E-state index contributed by atoms with van der Waals surface area (Å²) in [6.45, 7) is 3.62. The van der Waals surface area contributed by atoms with Gasteiger partial charge in [-0.25, -0.2) is 9.59 Å². The smallest absolute Gasteiger partial charge is 0.336 e. The van der Waals surface area contributed by atoms with E-state index in [1.54, 1.807) is 38.3 Å². The van der Waals surface area contributed by atoms with Crippen molar-refractivity contribution in [3.8, 4) is 11.5 Å². The lowest BCUT2D eigenvalue weighted by atomic mass is 10.1. The Morgan fingerprint density at radius 1 is 0.839 bits per heavy atom. The second-order valence-corrected chi connectivity index (χ2v) is 6.87. The number of aliphatic hydroxyl groups is 1. The number of ether oxygens (including phenoxy) is 2. The van der Waals surface area contributed by atoms with Crippen molar-refractivity contribution < 1.29 is 23.4 Å². The highest BCUT2D eigenvalue weighted by atomic mass is 16.5. The van der Waals surface area contributed by atoms with Gasteiger partial charge in [0.15, 0.2) is 0 Å². The molecule has 0 saturated heterocycles. The van der Waals surface area contributed by atoms with Crippen LogP contribution in [0.15, 0.2) is 67.0 Å². The molecule has 31 heavy (non-hydrogen) atoms. The summed E-state index contributed by atoms with van der Waals surface area (Å²) >= 11 is 0. The van der Waals surface area contributed by atoms with E-state index in [0.717, 1.165) is 22.8 Å². The fourth-order valence-corrected chi connectivity index (χ4v) is 3.27. The first kappa shape index (κ1) is 22.1. The first-order valence-corrected chi connectivity index (χ1v) is 9.77. The standard InChI is InChI=1S/C12H12O4.C12H12O3/c1-7(13)10-6-12(14)16-11-5-8(15-2)3-4-9(10)11;1-3-8-6-12(13)15-11-7-9(14-2)4-5-10(8)11/h3-7,13H,1-2H3;4-7H,3H2,1-2H3. The SMILES string of the molecule is CCc1cc(=O)oc2cc(OC)ccc12.COc1ccc2c(C(C)O)cc(=O)oc2c1. The third-order valence-corrected chi connectivity index (χ3v) is 4.85. The van der Waals surface area contributed by atoms with Crippen LogP contribution < -0.4 is 20.7 Å². The van der Waals surface area contributed by atoms with Crippen LogP contribution in [0.1, 0.15) is 31.1 Å². The second-order valence-electron chi connectivity index (χ2n) is 6.87. The van der Waals surface area contributed by atoms with E-state index in [1.807, 2.05) is 19.1 Å². The molecule has 0 saturated carbocycles. The van der Waals surface area contributed by atoms with Gasteiger partial charge < -0.3 is 23.4 Å². The van der Waals surface area contributed by atoms with Gasteiger partial charge in [-0.15, -0.1) is 0 Å². The van der Waals surface area contributed by atoms with Crippen LogP contribution in [0, 0.1) is 0 Å². The van der Waals surface area contributed by atoms with Gasteiger partial charge in [-0.05, 0) is 48.7 Å². The first-order chi connectivity index (χ1) is 14.9. The molecule has 0 aliphatic heterocycles. The molecule has 0 bridgehead atoms. The molecule has 1 N–H and O–H groups in total. The third kappa shape index (κ3) is 4.95. The number of hydrogen-bond acceptors (Lipinski definition) is 7. The highest BCUT2D eigenvalue weighted by Gasteiger charge is 2.10. The van der Waals surface area contributed by atoms with E-state index < -0.39 is 11.7 Å². The van der Waals surface area contributed by atoms with Gasteiger partial charge in [-0.2, -0.15) is 0 Å². The Labute approximate surface area is 178 Å². The number of benzene rings is 2. The van der Waals surface area contributed by atoms with Crippen molar-refractivity contribution in [1.29, 1.82) is 0 Å². The molecule has 0 aliphatic carbocycles. The molecule has 0 amide bonds. The molecule has 0 radical (unpaired) electrons. The number of rotatable bonds is 4. The maximum absolute atomic E-state index is 11.3. The van der Waals surface area contributed by atoms with Gasteiger partial charge in [-0.3, -0.25) is 0 Å². The molecule has 2 heterocycles. The van der Waals surface area contributed by atoms with Crippen molar-refractivity contribution in [3.05, 3.63) is 80.5 Å². The van der Waals surface area contributed by atoms with Crippen molar-refractivity contribution in [1.82, 2.24) is 0 Å². The Kier molecular flexibility index (Phi) is 6.77. The van der Waals surface area contributed by atoms with E-state index in [1.165, 1.54) is 19.2 Å². The molecular weight excluding hydrogens is 400 g/mol. The van der Waals surface area contributed by atoms with Crippen LogP contribution in [0.3, 0.4) is 0 Å². The Bertz CT molecular complexity index is 1320. The van der Waals surface area contributed by atoms with Crippen molar-refractivity contribution >= 4 is 21.9 Å². The summed E-state index contributed by atoms with van der Waals surface area (Å²) < 4.78 is 20.3. The van der Waals surface area contributed by atoms with Gasteiger partial charge in [0.05, 0.1) is 20.3 Å². The minimum atomic E-state index is -0.708. The average Bonchev–Trinajstić information content (AvgIpc) is 2.77. The summed E-state index contributed by atoms with van der Waals surface area (Å²) in [5.41, 5.74) is 1.78. The fraction of sp³-hybridized carbons (Fsp3) is 0.250. The molecular formula is C24H24O7. The Morgan fingerprint density at radius 3 is 1.87 bits per heavy atom. The number of methoxy groups -OCH3 is 2. The van der Waals surface area contributed by atoms with Crippen LogP contribution in [0.4, 0.5) is 0 Å². The number of hydrogen-bond donors (Lipinski definition) is 1. The molecule has 0 spiro atoms. The normalized spacial score (nSPS) is 11.6. The monoisotopic (exact) mass is 424 g/mol. The van der Waals surface area contributed by atoms with Gasteiger partial charge in [0.2, 0.25) is 0 Å². The van der Waals surface area contributed by atoms with E-state index in [-0.39, 0.29) is 5.63 Å². The Balaban J connectivity index is 0.000000176. The zero-order chi connectivity index (χ0) is 22.5. The van der Waals surface area contributed by atoms with E-state index >= 15 is 0 Å². The summed E-state index contributed by atoms with van der Waals surface area (Å²) in [5, 5.41) is 11.2. The lowest BCUT2D eigenvalue weighted by molar-refractivity contribution is 0.200. The van der Waals surface area contributed by atoms with Gasteiger partial charge in [0, 0.05) is 35.0 Å². The molecule has 4 rings (SSSR count). The largest absolute Gasteiger partial charge is 0.497 e. The maximum Gasteiger partial charge on any atom is 0.336 e. The third-order valence-electron chi connectivity index (χ3n) is 4.85. The van der Waals surface area contributed by atoms with E-state index in [4.69, 9.17) is 18.3 Å². The first-order valence-electron chi connectivity index (χ1n) is 9.77. The van der Waals surface area contributed by atoms with Crippen molar-refractivity contribution in [2.75, 3.05) is 14.2 Å². The van der Waals surface area contributed by atoms with Crippen LogP contribution in [-0.4, -0.2) is 19.3 Å². The zero-order valence-corrected chi connectivity index (χ0v) is 17.8. The molecule has 1 atom stereocenters. The maximum atomic E-state index is 11.3. The minimum Gasteiger partial charge on any atom is -0.497 e. The Morgan fingerprint density at radius 2 is 1.35 bits per heavy atom. The molecule has 1 unspecified atom stereocenters. The van der Waals surface area contributed by atoms with Gasteiger partial charge in [0.25, 0.3) is 0 Å². The summed E-state index contributed by atoms with van der Waals surface area (Å²) in [6, 6.07) is 13.5. The number of aryl methyl sites for hydroxylation is 1. The molecule has 0 aliphatic rings. The molecule has 2 aromatic carbocycles. The summed E-state index contributed by atoms with van der Waals surface area (Å²) in [5.74, 6) is 1.30. The highest BCUT2D eigenvalue weighted by Crippen LogP contribution is 2.26. The fourth-order valence-electron chi connectivity index (χ4n) is 3.27. The summed E-state index contributed by atoms with van der Waals surface area (Å²) in [4.78, 5) is 22.5. The van der Waals surface area contributed by atoms with E-state index in [2.05, 4.69) is 0 Å². The summed E-state index contributed by atoms with van der Waals surface area (Å²) in [7, 11) is 3.13. The van der Waals surface area contributed by atoms with E-state index in [0.29, 0.717) is 28.2 Å². The van der Waals surface area contributed by atoms with Gasteiger partial charge >= 0.3 is 11.3 Å². The second kappa shape index (κ2) is 9.49. The van der Waals surface area contributed by atoms with Crippen molar-refractivity contribution in [3.63, 3.8) is 0 Å². The topological polar surface area (TPSA) is 99.1 Å². The van der Waals surface area contributed by atoms with Crippen molar-refractivity contribution in [2.45, 2.75) is 26.4 Å². The predicted octanol–water partition coefficient (Wildman–Crippen LogP) is 4.22. The molecule has 4 aromatic rings. The molecule has 162 valence electrons. The van der Waals surface area contributed by atoms with Gasteiger partial charge in [0.1, 0.15) is 22.7 Å². The molecule has 7 nitrogen and oxygen atoms in total. The van der Waals surface area contributed by atoms with Crippen LogP contribution in [0.2, 0.25) is 0 Å². The number of aliphatic hydroxyl groups excluding tert-OH is 1. The summed E-state index contributed by atoms with van der Waals surface area (Å²) in [6.07, 6.45) is 0.106. The Hall–Kier alpha value is -3.58. The van der Waals surface area contributed by atoms with Crippen LogP contribution in [0.25, 0.3) is 21.9 Å². The van der Waals surface area contributed by atoms with Gasteiger partial charge in [-0.1, -0.05) is 6.92 Å². The minimum absolute atomic E-state index is 0.312. The quantitative estimate of drug-likeness (QED) is 0.490. The molecule has 0 fully saturated rings. The predicted molar refractivity (Wildman–Crippen MR) is 118 cm³/mol. The van der Waals surface area contributed by atoms with Crippen molar-refractivity contribution in [2.24, 2.45) is 0 Å². The van der Waals surface area contributed by atoms with Crippen LogP contribution in [0.5, 0.6) is 11.5 Å². The van der Waals surface area contributed by atoms with Crippen LogP contribution >= 0.6 is 0 Å². The average molecular weight is 424 g/mol. The molecule has 2 aromatic heterocycles. The van der Waals surface area contributed by atoms with Crippen LogP contribution in [-0.2, 0) is 6.42 Å². The number of fused-ring (bicyclic) bond motifs is 2. The highest BCUT2D eigenvalue weighted by molar-refractivity contribution is 5.82. The van der Waals surface area contributed by atoms with E-state index in [9.17, 15) is 14.7 Å². The lowest BCUT2D eigenvalue weighted by Crippen LogP contribution is -2.03.